The number of benzene rings is 1. The number of Topliss-reactive ketones (excluding diaryl/α,β-unsaturated/α-hetero) is 1. The van der Waals surface area contributed by atoms with E-state index in [1.54, 1.807) is 17.7 Å². The number of aryl methyl sites for hydroxylation is 1. The molecule has 9 heteroatoms. The average molecular weight is 498 g/mol. The molecule has 0 aliphatic carbocycles. The van der Waals surface area contributed by atoms with E-state index in [4.69, 9.17) is 0 Å². The molecule has 6 nitrogen and oxygen atoms in total. The second-order valence-electron chi connectivity index (χ2n) is 8.30. The number of thioether (sulfide) groups is 1. The maximum atomic E-state index is 13.2. The van der Waals surface area contributed by atoms with Crippen LogP contribution in [0.2, 0.25) is 0 Å². The van der Waals surface area contributed by atoms with E-state index in [9.17, 15) is 13.2 Å². The van der Waals surface area contributed by atoms with Gasteiger partial charge in [0.15, 0.2) is 15.6 Å². The molecule has 1 aliphatic rings. The number of carbonyl (C=O) groups excluding carboxylic acids is 1. The number of hydrogen-bond donors (Lipinski definition) is 0. The Morgan fingerprint density at radius 3 is 2.73 bits per heavy atom. The minimum Gasteiger partial charge on any atom is -0.344 e. The molecule has 0 saturated carbocycles. The van der Waals surface area contributed by atoms with E-state index in [0.717, 1.165) is 37.8 Å². The zero-order valence-corrected chi connectivity index (χ0v) is 20.8. The van der Waals surface area contributed by atoms with Gasteiger partial charge in [0.2, 0.25) is 0 Å². The summed E-state index contributed by atoms with van der Waals surface area (Å²) in [6.07, 6.45) is 2.15. The summed E-state index contributed by atoms with van der Waals surface area (Å²) in [5.41, 5.74) is 4.60. The van der Waals surface area contributed by atoms with E-state index >= 15 is 0 Å². The fourth-order valence-electron chi connectivity index (χ4n) is 4.60. The van der Waals surface area contributed by atoms with Crippen molar-refractivity contribution in [1.29, 1.82) is 0 Å². The molecule has 1 saturated heterocycles. The van der Waals surface area contributed by atoms with Crippen LogP contribution in [-0.4, -0.2) is 46.0 Å². The van der Waals surface area contributed by atoms with Crippen molar-refractivity contribution in [2.24, 2.45) is 0 Å². The molecule has 4 aromatic rings. The van der Waals surface area contributed by atoms with Gasteiger partial charge >= 0.3 is 0 Å². The molecule has 0 N–H and O–H groups in total. The first-order valence-corrected chi connectivity index (χ1v) is 14.3. The second-order valence-corrected chi connectivity index (χ2v) is 12.3. The van der Waals surface area contributed by atoms with Gasteiger partial charge in [0.1, 0.15) is 16.2 Å². The molecular formula is C24H23N3O3S3. The summed E-state index contributed by atoms with van der Waals surface area (Å²) in [6, 6.07) is 11.9. The summed E-state index contributed by atoms with van der Waals surface area (Å²) in [7, 11) is -3.00. The van der Waals surface area contributed by atoms with E-state index in [0.29, 0.717) is 12.0 Å². The number of carbonyl (C=O) groups is 1. The van der Waals surface area contributed by atoms with Gasteiger partial charge in [0.25, 0.3) is 0 Å². The first-order valence-electron chi connectivity index (χ1n) is 10.7. The number of nitrogens with zero attached hydrogens (tertiary/aromatic N) is 3. The molecule has 0 spiro atoms. The lowest BCUT2D eigenvalue weighted by molar-refractivity contribution is 0.102. The van der Waals surface area contributed by atoms with Crippen molar-refractivity contribution in [2.75, 3.05) is 17.3 Å². The molecule has 1 aliphatic heterocycles. The fourth-order valence-corrected chi connectivity index (χ4v) is 8.18. The standard InChI is InChI=1S/C24H23N3O3S3/c1-15-10-19(16(2)27(15)18-8-9-33(29,30)13-18)21(28)12-32-24-22-20(17-6-4-3-5-7-17)11-31-23(22)25-14-26-24/h3-7,10-11,14,18H,8-9,12-13H2,1-2H3. The Kier molecular flexibility index (Phi) is 5.88. The Bertz CT molecular complexity index is 1460. The number of aromatic nitrogens is 3. The van der Waals surface area contributed by atoms with Crippen LogP contribution in [0.1, 0.15) is 34.2 Å². The second kappa shape index (κ2) is 8.70. The van der Waals surface area contributed by atoms with Crippen molar-refractivity contribution in [3.05, 3.63) is 65.1 Å². The Morgan fingerprint density at radius 1 is 1.21 bits per heavy atom. The first-order chi connectivity index (χ1) is 15.8. The lowest BCUT2D eigenvalue weighted by atomic mass is 10.1. The number of sulfone groups is 1. The predicted molar refractivity (Wildman–Crippen MR) is 134 cm³/mol. The number of ketones is 1. The Labute approximate surface area is 201 Å². The van der Waals surface area contributed by atoms with Crippen molar-refractivity contribution in [3.8, 4) is 11.1 Å². The van der Waals surface area contributed by atoms with Crippen molar-refractivity contribution < 1.29 is 13.2 Å². The number of rotatable bonds is 6. The average Bonchev–Trinajstić information content (AvgIpc) is 3.47. The van der Waals surface area contributed by atoms with E-state index in [2.05, 4.69) is 27.5 Å². The lowest BCUT2D eigenvalue weighted by Crippen LogP contribution is -2.14. The fraction of sp³-hybridized carbons (Fsp3) is 0.292. The van der Waals surface area contributed by atoms with Gasteiger partial charge < -0.3 is 4.57 Å². The maximum Gasteiger partial charge on any atom is 0.174 e. The number of thiophene rings is 1. The molecule has 0 bridgehead atoms. The highest BCUT2D eigenvalue weighted by molar-refractivity contribution is 8.00. The first kappa shape index (κ1) is 22.3. The molecule has 3 aromatic heterocycles. The molecule has 1 fully saturated rings. The topological polar surface area (TPSA) is 81.9 Å². The summed E-state index contributed by atoms with van der Waals surface area (Å²) < 4.78 is 25.9. The van der Waals surface area contributed by atoms with E-state index in [1.165, 1.54) is 11.8 Å². The van der Waals surface area contributed by atoms with Crippen LogP contribution in [-0.2, 0) is 9.84 Å². The van der Waals surface area contributed by atoms with E-state index < -0.39 is 9.84 Å². The van der Waals surface area contributed by atoms with Crippen molar-refractivity contribution >= 4 is 48.9 Å². The number of hydrogen-bond acceptors (Lipinski definition) is 7. The number of fused-ring (bicyclic) bond motifs is 1. The monoisotopic (exact) mass is 497 g/mol. The third-order valence-corrected chi connectivity index (χ3v) is 9.74. The summed E-state index contributed by atoms with van der Waals surface area (Å²) in [5.74, 6) is 0.625. The van der Waals surface area contributed by atoms with Crippen LogP contribution in [0.5, 0.6) is 0 Å². The van der Waals surface area contributed by atoms with Gasteiger partial charge in [-0.25, -0.2) is 18.4 Å². The smallest absolute Gasteiger partial charge is 0.174 e. The van der Waals surface area contributed by atoms with Gasteiger partial charge in [0, 0.05) is 33.9 Å². The summed E-state index contributed by atoms with van der Waals surface area (Å²) >= 11 is 3.00. The third-order valence-electron chi connectivity index (χ3n) is 6.12. The van der Waals surface area contributed by atoms with E-state index in [1.807, 2.05) is 42.7 Å². The van der Waals surface area contributed by atoms with Crippen molar-refractivity contribution in [1.82, 2.24) is 14.5 Å². The van der Waals surface area contributed by atoms with E-state index in [-0.39, 0.29) is 29.1 Å². The normalized spacial score (nSPS) is 17.6. The van der Waals surface area contributed by atoms with Crippen LogP contribution in [0.4, 0.5) is 0 Å². The molecule has 0 amide bonds. The molecule has 1 atom stereocenters. The van der Waals surface area contributed by atoms with Crippen LogP contribution in [0.3, 0.4) is 0 Å². The van der Waals surface area contributed by atoms with Gasteiger partial charge in [-0.05, 0) is 31.9 Å². The molecule has 170 valence electrons. The largest absolute Gasteiger partial charge is 0.344 e. The zero-order valence-electron chi connectivity index (χ0n) is 18.3. The summed E-state index contributed by atoms with van der Waals surface area (Å²) in [6.45, 7) is 3.85. The van der Waals surface area contributed by atoms with Gasteiger partial charge in [-0.15, -0.1) is 11.3 Å². The molecule has 33 heavy (non-hydrogen) atoms. The molecule has 4 heterocycles. The zero-order chi connectivity index (χ0) is 23.2. The van der Waals surface area contributed by atoms with Crippen LogP contribution >= 0.6 is 23.1 Å². The quantitative estimate of drug-likeness (QED) is 0.209. The predicted octanol–water partition coefficient (Wildman–Crippen LogP) is 5.11. The minimum atomic E-state index is -3.00. The van der Waals surface area contributed by atoms with Crippen LogP contribution in [0.25, 0.3) is 21.3 Å². The van der Waals surface area contributed by atoms with Crippen LogP contribution in [0, 0.1) is 13.8 Å². The summed E-state index contributed by atoms with van der Waals surface area (Å²) in [5, 5.41) is 3.86. The Hall–Kier alpha value is -2.49. The highest BCUT2D eigenvalue weighted by Gasteiger charge is 2.31. The van der Waals surface area contributed by atoms with Gasteiger partial charge in [-0.3, -0.25) is 4.79 Å². The minimum absolute atomic E-state index is 0.0171. The van der Waals surface area contributed by atoms with Crippen LogP contribution in [0.15, 0.2) is 53.1 Å². The molecule has 1 unspecified atom stereocenters. The van der Waals surface area contributed by atoms with Gasteiger partial charge in [0.05, 0.1) is 22.6 Å². The Morgan fingerprint density at radius 2 is 2.00 bits per heavy atom. The van der Waals surface area contributed by atoms with Crippen LogP contribution < -0.4 is 0 Å². The molecular weight excluding hydrogens is 474 g/mol. The van der Waals surface area contributed by atoms with Crippen molar-refractivity contribution in [3.63, 3.8) is 0 Å². The third kappa shape index (κ3) is 4.25. The SMILES string of the molecule is Cc1cc(C(=O)CSc2ncnc3scc(-c4ccccc4)c23)c(C)n1C1CCS(=O)(=O)C1. The van der Waals surface area contributed by atoms with Gasteiger partial charge in [-0.2, -0.15) is 0 Å². The van der Waals surface area contributed by atoms with Crippen molar-refractivity contribution in [2.45, 2.75) is 31.3 Å². The summed E-state index contributed by atoms with van der Waals surface area (Å²) in [4.78, 5) is 23.0. The highest BCUT2D eigenvalue weighted by atomic mass is 32.2. The maximum absolute atomic E-state index is 13.2. The van der Waals surface area contributed by atoms with Gasteiger partial charge in [-0.1, -0.05) is 42.1 Å². The molecule has 0 radical (unpaired) electrons. The lowest BCUT2D eigenvalue weighted by Gasteiger charge is -2.16. The molecule has 5 rings (SSSR count). The molecule has 1 aromatic carbocycles. The Balaban J connectivity index is 1.40. The highest BCUT2D eigenvalue weighted by Crippen LogP contribution is 2.38.